The van der Waals surface area contributed by atoms with Crippen LogP contribution >= 0.6 is 35.7 Å². The number of aliphatic imine (C=N–C) groups is 1. The third-order valence-electron chi connectivity index (χ3n) is 4.43. The molecule has 2 rings (SSSR count). The van der Waals surface area contributed by atoms with Crippen LogP contribution in [0, 0.1) is 12.3 Å². The maximum atomic E-state index is 9.32. The van der Waals surface area contributed by atoms with E-state index in [0.717, 1.165) is 44.3 Å². The molecule has 1 unspecified atom stereocenters. The van der Waals surface area contributed by atoms with Crippen molar-refractivity contribution >= 4 is 41.7 Å². The second kappa shape index (κ2) is 12.8. The van der Waals surface area contributed by atoms with Crippen LogP contribution in [0.25, 0.3) is 0 Å². The first-order chi connectivity index (χ1) is 12.2. The van der Waals surface area contributed by atoms with Crippen molar-refractivity contribution in [2.24, 2.45) is 10.4 Å². The lowest BCUT2D eigenvalue weighted by Crippen LogP contribution is -2.39. The highest BCUT2D eigenvalue weighted by Gasteiger charge is 2.34. The molecule has 0 spiro atoms. The molecule has 0 radical (unpaired) electrons. The Kier molecular flexibility index (Phi) is 11.6. The zero-order chi connectivity index (χ0) is 18.0. The summed E-state index contributed by atoms with van der Waals surface area (Å²) in [4.78, 5) is 6.03. The van der Waals surface area contributed by atoms with Gasteiger partial charge in [-0.05, 0) is 38.8 Å². The van der Waals surface area contributed by atoms with Crippen LogP contribution in [-0.2, 0) is 4.74 Å². The Morgan fingerprint density at radius 1 is 1.31 bits per heavy atom. The Labute approximate surface area is 178 Å². The van der Waals surface area contributed by atoms with E-state index in [4.69, 9.17) is 9.73 Å². The topological polar surface area (TPSA) is 65.9 Å². The Bertz CT molecular complexity index is 534. The van der Waals surface area contributed by atoms with Gasteiger partial charge in [0.25, 0.3) is 0 Å². The van der Waals surface area contributed by atoms with E-state index in [0.29, 0.717) is 13.2 Å². The summed E-state index contributed by atoms with van der Waals surface area (Å²) in [5.74, 6) is 1.83. The molecule has 1 heterocycles. The minimum atomic E-state index is -0.00620. The van der Waals surface area contributed by atoms with Gasteiger partial charge in [-0.2, -0.15) is 0 Å². The van der Waals surface area contributed by atoms with Gasteiger partial charge in [-0.25, -0.2) is 0 Å². The number of rotatable bonds is 9. The molecule has 1 atom stereocenters. The van der Waals surface area contributed by atoms with Crippen LogP contribution in [0.15, 0.2) is 34.2 Å². The highest BCUT2D eigenvalue weighted by molar-refractivity contribution is 14.0. The zero-order valence-corrected chi connectivity index (χ0v) is 18.9. The van der Waals surface area contributed by atoms with Crippen LogP contribution in [0.5, 0.6) is 0 Å². The van der Waals surface area contributed by atoms with Gasteiger partial charge in [0.1, 0.15) is 0 Å². The van der Waals surface area contributed by atoms with Crippen LogP contribution in [0.4, 0.5) is 0 Å². The second-order valence-electron chi connectivity index (χ2n) is 6.56. The summed E-state index contributed by atoms with van der Waals surface area (Å²) in [5.41, 5.74) is 1.28. The average molecular weight is 493 g/mol. The summed E-state index contributed by atoms with van der Waals surface area (Å²) < 4.78 is 5.54. The number of guanidine groups is 1. The third kappa shape index (κ3) is 8.02. The lowest BCUT2D eigenvalue weighted by molar-refractivity contribution is 0.131. The molecule has 0 saturated carbocycles. The molecular weight excluding hydrogens is 461 g/mol. The molecule has 1 aromatic carbocycles. The zero-order valence-electron chi connectivity index (χ0n) is 15.8. The molecule has 0 bridgehead atoms. The fourth-order valence-corrected chi connectivity index (χ4v) is 3.62. The Morgan fingerprint density at radius 2 is 2.08 bits per heavy atom. The van der Waals surface area contributed by atoms with Crippen molar-refractivity contribution in [2.75, 3.05) is 45.2 Å². The number of hydrogen-bond donors (Lipinski definition) is 3. The van der Waals surface area contributed by atoms with Crippen LogP contribution in [0.1, 0.15) is 25.3 Å². The fraction of sp³-hybridized carbons (Fsp3) is 0.632. The molecule has 148 valence electrons. The van der Waals surface area contributed by atoms with Crippen molar-refractivity contribution in [3.8, 4) is 0 Å². The van der Waals surface area contributed by atoms with Crippen molar-refractivity contribution in [1.82, 2.24) is 10.6 Å². The number of hydrogen-bond acceptors (Lipinski definition) is 4. The standard InChI is InChI=1S/C19H31N3O2S.HI/c1-3-20-18(22-14-19(8-11-23)9-12-24-15-19)21-10-13-25-17-6-4-16(2)5-7-17;/h4-7,23H,3,8-15H2,1-2H3,(H2,20,21,22);1H. The molecule has 3 N–H and O–H groups in total. The number of nitrogens with zero attached hydrogens (tertiary/aromatic N) is 1. The largest absolute Gasteiger partial charge is 0.396 e. The van der Waals surface area contributed by atoms with Crippen molar-refractivity contribution in [2.45, 2.75) is 31.6 Å². The minimum absolute atomic E-state index is 0. The lowest BCUT2D eigenvalue weighted by atomic mass is 9.84. The number of thioether (sulfide) groups is 1. The minimum Gasteiger partial charge on any atom is -0.396 e. The van der Waals surface area contributed by atoms with Crippen LogP contribution < -0.4 is 10.6 Å². The Balaban J connectivity index is 0.00000338. The molecule has 7 heteroatoms. The highest BCUT2D eigenvalue weighted by atomic mass is 127. The predicted molar refractivity (Wildman–Crippen MR) is 121 cm³/mol. The Hall–Kier alpha value is -0.510. The van der Waals surface area contributed by atoms with Gasteiger partial charge in [-0.3, -0.25) is 4.99 Å². The first-order valence-corrected chi connectivity index (χ1v) is 10.1. The van der Waals surface area contributed by atoms with Gasteiger partial charge in [0.05, 0.1) is 13.2 Å². The van der Waals surface area contributed by atoms with Gasteiger partial charge in [0.15, 0.2) is 5.96 Å². The van der Waals surface area contributed by atoms with Crippen LogP contribution in [-0.4, -0.2) is 56.3 Å². The van der Waals surface area contributed by atoms with E-state index in [2.05, 4.69) is 48.7 Å². The first-order valence-electron chi connectivity index (χ1n) is 9.08. The molecular formula is C19H32IN3O2S. The maximum Gasteiger partial charge on any atom is 0.191 e. The number of aryl methyl sites for hydroxylation is 1. The van der Waals surface area contributed by atoms with Crippen molar-refractivity contribution in [3.05, 3.63) is 29.8 Å². The smallest absolute Gasteiger partial charge is 0.191 e. The molecule has 0 amide bonds. The van der Waals surface area contributed by atoms with Crippen LogP contribution in [0.2, 0.25) is 0 Å². The van der Waals surface area contributed by atoms with E-state index in [-0.39, 0.29) is 36.0 Å². The van der Waals surface area contributed by atoms with E-state index < -0.39 is 0 Å². The first kappa shape index (κ1) is 23.5. The molecule has 1 saturated heterocycles. The van der Waals surface area contributed by atoms with Crippen molar-refractivity contribution in [1.29, 1.82) is 0 Å². The summed E-state index contributed by atoms with van der Waals surface area (Å²) >= 11 is 1.84. The van der Waals surface area contributed by atoms with Gasteiger partial charge >= 0.3 is 0 Å². The number of aliphatic hydroxyl groups excluding tert-OH is 1. The molecule has 1 aliphatic heterocycles. The number of ether oxygens (including phenoxy) is 1. The van der Waals surface area contributed by atoms with E-state index in [1.165, 1.54) is 10.5 Å². The molecule has 1 aromatic rings. The summed E-state index contributed by atoms with van der Waals surface area (Å²) in [7, 11) is 0. The number of nitrogens with one attached hydrogen (secondary N) is 2. The summed E-state index contributed by atoms with van der Waals surface area (Å²) in [6.45, 7) is 8.21. The van der Waals surface area contributed by atoms with Gasteiger partial charge in [-0.1, -0.05) is 17.7 Å². The number of aliphatic hydroxyl groups is 1. The third-order valence-corrected chi connectivity index (χ3v) is 5.44. The highest BCUT2D eigenvalue weighted by Crippen LogP contribution is 2.32. The molecule has 1 fully saturated rings. The quantitative estimate of drug-likeness (QED) is 0.162. The summed E-state index contributed by atoms with van der Waals surface area (Å²) in [5, 5.41) is 16.0. The van der Waals surface area contributed by atoms with E-state index >= 15 is 0 Å². The Morgan fingerprint density at radius 3 is 2.69 bits per heavy atom. The SMILES string of the molecule is CCNC(=NCC1(CCO)CCOC1)NCCSc1ccc(C)cc1.I. The summed E-state index contributed by atoms with van der Waals surface area (Å²) in [6.07, 6.45) is 1.72. The molecule has 5 nitrogen and oxygen atoms in total. The maximum absolute atomic E-state index is 9.32. The van der Waals surface area contributed by atoms with Crippen molar-refractivity contribution in [3.63, 3.8) is 0 Å². The summed E-state index contributed by atoms with van der Waals surface area (Å²) in [6, 6.07) is 8.62. The van der Waals surface area contributed by atoms with E-state index in [1.807, 2.05) is 11.8 Å². The molecule has 0 aromatic heterocycles. The molecule has 1 aliphatic rings. The van der Waals surface area contributed by atoms with Gasteiger partial charge in [0.2, 0.25) is 0 Å². The van der Waals surface area contributed by atoms with Crippen molar-refractivity contribution < 1.29 is 9.84 Å². The molecule has 0 aliphatic carbocycles. The normalized spacial score (nSPS) is 19.9. The lowest BCUT2D eigenvalue weighted by Gasteiger charge is -2.24. The average Bonchev–Trinajstić information content (AvgIpc) is 3.07. The van der Waals surface area contributed by atoms with Gasteiger partial charge < -0.3 is 20.5 Å². The number of benzene rings is 1. The van der Waals surface area contributed by atoms with E-state index in [9.17, 15) is 5.11 Å². The van der Waals surface area contributed by atoms with Crippen LogP contribution in [0.3, 0.4) is 0 Å². The molecule has 26 heavy (non-hydrogen) atoms. The number of halogens is 1. The van der Waals surface area contributed by atoms with Gasteiger partial charge in [-0.15, -0.1) is 35.7 Å². The van der Waals surface area contributed by atoms with Gasteiger partial charge in [0, 0.05) is 42.4 Å². The fourth-order valence-electron chi connectivity index (χ4n) is 2.85. The second-order valence-corrected chi connectivity index (χ2v) is 7.73. The monoisotopic (exact) mass is 493 g/mol. The van der Waals surface area contributed by atoms with E-state index in [1.54, 1.807) is 0 Å². The predicted octanol–water partition coefficient (Wildman–Crippen LogP) is 3.05.